The molecule has 2 aromatic rings. The van der Waals surface area contributed by atoms with Crippen LogP contribution in [0.15, 0.2) is 66.2 Å². The van der Waals surface area contributed by atoms with E-state index in [-0.39, 0.29) is 11.3 Å². The van der Waals surface area contributed by atoms with Crippen molar-refractivity contribution in [1.29, 1.82) is 0 Å². The molecule has 1 saturated heterocycles. The molecule has 4 rings (SSSR count). The Morgan fingerprint density at radius 1 is 0.969 bits per heavy atom. The van der Waals surface area contributed by atoms with E-state index in [1.807, 2.05) is 13.0 Å². The van der Waals surface area contributed by atoms with Crippen molar-refractivity contribution in [2.45, 2.75) is 32.7 Å². The Balaban J connectivity index is 1.75. The third kappa shape index (κ3) is 3.86. The third-order valence-electron chi connectivity index (χ3n) is 6.12. The fraction of sp³-hybridized carbons (Fsp3) is 0.280. The van der Waals surface area contributed by atoms with E-state index >= 15 is 0 Å². The van der Waals surface area contributed by atoms with E-state index in [0.29, 0.717) is 23.4 Å². The van der Waals surface area contributed by atoms with Crippen LogP contribution in [0, 0.1) is 11.8 Å². The number of benzene rings is 2. The molecule has 1 aliphatic carbocycles. The molecule has 1 fully saturated rings. The van der Waals surface area contributed by atoms with E-state index in [1.165, 1.54) is 19.1 Å². The molecule has 0 radical (unpaired) electrons. The summed E-state index contributed by atoms with van der Waals surface area (Å²) in [7, 11) is 0. The van der Waals surface area contributed by atoms with Crippen LogP contribution in [0.1, 0.15) is 47.4 Å². The molecule has 2 aromatic carbocycles. The minimum Gasteiger partial charge on any atom is -0.292 e. The SMILES string of the molecule is CC1=CC[C@@H]2C(=O)N(N(C(=O)c3ccc(Cl)cc3)[C@H](C)C(=O)c3ccccc3)C(=O)[C@H]2C1. The van der Waals surface area contributed by atoms with Crippen LogP contribution in [0.2, 0.25) is 5.02 Å². The van der Waals surface area contributed by atoms with Gasteiger partial charge < -0.3 is 0 Å². The number of fused-ring (bicyclic) bond motifs is 1. The monoisotopic (exact) mass is 450 g/mol. The molecule has 2 aliphatic rings. The number of amides is 3. The fourth-order valence-corrected chi connectivity index (χ4v) is 4.48. The average molecular weight is 451 g/mol. The lowest BCUT2D eigenvalue weighted by molar-refractivity contribution is -0.156. The Morgan fingerprint density at radius 3 is 2.25 bits per heavy atom. The van der Waals surface area contributed by atoms with Crippen LogP contribution in [-0.2, 0) is 9.59 Å². The van der Waals surface area contributed by atoms with Gasteiger partial charge in [0, 0.05) is 16.1 Å². The highest BCUT2D eigenvalue weighted by atomic mass is 35.5. The summed E-state index contributed by atoms with van der Waals surface area (Å²) in [6, 6.07) is 13.6. The lowest BCUT2D eigenvalue weighted by Gasteiger charge is -2.34. The zero-order valence-corrected chi connectivity index (χ0v) is 18.6. The second kappa shape index (κ2) is 8.71. The van der Waals surface area contributed by atoms with Crippen LogP contribution < -0.4 is 0 Å². The molecular weight excluding hydrogens is 428 g/mol. The van der Waals surface area contributed by atoms with E-state index in [0.717, 1.165) is 15.6 Å². The highest BCUT2D eigenvalue weighted by Crippen LogP contribution is 2.39. The lowest BCUT2D eigenvalue weighted by atomic mass is 9.82. The molecule has 32 heavy (non-hydrogen) atoms. The molecule has 0 spiro atoms. The zero-order valence-electron chi connectivity index (χ0n) is 17.8. The standard InChI is InChI=1S/C25H23ClN2O4/c1-15-8-13-20-21(14-15)25(32)28(24(20)31)27(23(30)18-9-11-19(26)12-10-18)16(2)22(29)17-6-4-3-5-7-17/h3-12,16,20-21H,13-14H2,1-2H3/t16-,20+,21+/m1/s1. The Morgan fingerprint density at radius 2 is 1.59 bits per heavy atom. The highest BCUT2D eigenvalue weighted by Gasteiger charge is 2.53. The molecule has 0 N–H and O–H groups in total. The summed E-state index contributed by atoms with van der Waals surface area (Å²) in [6.07, 6.45) is 2.87. The van der Waals surface area contributed by atoms with Gasteiger partial charge in [-0.05, 0) is 51.0 Å². The van der Waals surface area contributed by atoms with Gasteiger partial charge >= 0.3 is 0 Å². The molecule has 7 heteroatoms. The molecule has 0 unspecified atom stereocenters. The number of carbonyl (C=O) groups is 4. The predicted octanol–water partition coefficient (Wildman–Crippen LogP) is 4.31. The van der Waals surface area contributed by atoms with Crippen LogP contribution in [0.3, 0.4) is 0 Å². The van der Waals surface area contributed by atoms with E-state index < -0.39 is 35.6 Å². The number of hydrogen-bond acceptors (Lipinski definition) is 4. The van der Waals surface area contributed by atoms with Crippen molar-refractivity contribution < 1.29 is 19.2 Å². The number of nitrogens with zero attached hydrogens (tertiary/aromatic N) is 2. The quantitative estimate of drug-likeness (QED) is 0.386. The van der Waals surface area contributed by atoms with Crippen LogP contribution in [0.4, 0.5) is 0 Å². The number of hydrogen-bond donors (Lipinski definition) is 0. The first kappa shape index (κ1) is 22.0. The normalized spacial score (nSPS) is 21.1. The van der Waals surface area contributed by atoms with E-state index in [9.17, 15) is 19.2 Å². The van der Waals surface area contributed by atoms with Crippen LogP contribution in [0.25, 0.3) is 0 Å². The number of rotatable bonds is 5. The molecule has 6 nitrogen and oxygen atoms in total. The van der Waals surface area contributed by atoms with E-state index in [4.69, 9.17) is 11.6 Å². The van der Waals surface area contributed by atoms with E-state index in [2.05, 4.69) is 0 Å². The minimum absolute atomic E-state index is 0.229. The van der Waals surface area contributed by atoms with Crippen LogP contribution >= 0.6 is 11.6 Å². The predicted molar refractivity (Wildman–Crippen MR) is 120 cm³/mol. The van der Waals surface area contributed by atoms with Crippen LogP contribution in [-0.4, -0.2) is 39.6 Å². The topological polar surface area (TPSA) is 74.8 Å². The summed E-state index contributed by atoms with van der Waals surface area (Å²) in [5, 5.41) is 2.38. The number of ketones is 1. The van der Waals surface area contributed by atoms with Gasteiger partial charge in [-0.1, -0.05) is 53.6 Å². The summed E-state index contributed by atoms with van der Waals surface area (Å²) in [4.78, 5) is 53.4. The first-order valence-corrected chi connectivity index (χ1v) is 10.9. The number of imide groups is 1. The maximum atomic E-state index is 13.6. The van der Waals surface area contributed by atoms with Crippen molar-refractivity contribution in [2.24, 2.45) is 11.8 Å². The van der Waals surface area contributed by atoms with Crippen molar-refractivity contribution in [3.05, 3.63) is 82.4 Å². The van der Waals surface area contributed by atoms with Crippen LogP contribution in [0.5, 0.6) is 0 Å². The van der Waals surface area contributed by atoms with Gasteiger partial charge in [-0.3, -0.25) is 19.2 Å². The molecule has 3 amide bonds. The van der Waals surface area contributed by atoms with Gasteiger partial charge in [-0.15, -0.1) is 0 Å². The first-order valence-electron chi connectivity index (χ1n) is 10.5. The Kier molecular flexibility index (Phi) is 5.98. The maximum absolute atomic E-state index is 13.6. The van der Waals surface area contributed by atoms with E-state index in [1.54, 1.807) is 42.5 Å². The fourth-order valence-electron chi connectivity index (χ4n) is 4.35. The molecule has 0 aromatic heterocycles. The Labute approximate surface area is 191 Å². The number of hydrazine groups is 1. The zero-order chi connectivity index (χ0) is 23.0. The summed E-state index contributed by atoms with van der Waals surface area (Å²) >= 11 is 5.96. The Hall–Kier alpha value is -3.25. The van der Waals surface area contributed by atoms with Gasteiger partial charge in [0.1, 0.15) is 6.04 Å². The molecule has 0 bridgehead atoms. The first-order chi connectivity index (χ1) is 15.3. The van der Waals surface area contributed by atoms with Gasteiger partial charge in [-0.25, -0.2) is 5.01 Å². The van der Waals surface area contributed by atoms with Gasteiger partial charge in [0.15, 0.2) is 5.78 Å². The van der Waals surface area contributed by atoms with Gasteiger partial charge in [0.25, 0.3) is 17.7 Å². The van der Waals surface area contributed by atoms with Crippen molar-refractivity contribution in [3.8, 4) is 0 Å². The van der Waals surface area contributed by atoms with Crippen molar-refractivity contribution in [1.82, 2.24) is 10.0 Å². The molecule has 3 atom stereocenters. The van der Waals surface area contributed by atoms with Gasteiger partial charge in [0.2, 0.25) is 0 Å². The number of Topliss-reactive ketones (excluding diaryl/α,β-unsaturated/α-hetero) is 1. The summed E-state index contributed by atoms with van der Waals surface area (Å²) in [5.74, 6) is -2.90. The lowest BCUT2D eigenvalue weighted by Crippen LogP contribution is -2.56. The smallest absolute Gasteiger partial charge is 0.273 e. The second-order valence-corrected chi connectivity index (χ2v) is 8.69. The molecule has 0 saturated carbocycles. The van der Waals surface area contributed by atoms with Crippen molar-refractivity contribution >= 4 is 35.1 Å². The minimum atomic E-state index is -1.07. The average Bonchev–Trinajstić information content (AvgIpc) is 3.04. The summed E-state index contributed by atoms with van der Waals surface area (Å²) in [6.45, 7) is 3.46. The second-order valence-electron chi connectivity index (χ2n) is 8.25. The van der Waals surface area contributed by atoms with Crippen molar-refractivity contribution in [2.75, 3.05) is 0 Å². The summed E-state index contributed by atoms with van der Waals surface area (Å²) < 4.78 is 0. The molecular formula is C25H23ClN2O4. The molecule has 1 aliphatic heterocycles. The maximum Gasteiger partial charge on any atom is 0.273 e. The largest absolute Gasteiger partial charge is 0.292 e. The molecule has 164 valence electrons. The number of allylic oxidation sites excluding steroid dienone is 2. The van der Waals surface area contributed by atoms with Gasteiger partial charge in [-0.2, -0.15) is 5.01 Å². The third-order valence-corrected chi connectivity index (χ3v) is 6.37. The molecule has 1 heterocycles. The van der Waals surface area contributed by atoms with Crippen molar-refractivity contribution in [3.63, 3.8) is 0 Å². The number of carbonyl (C=O) groups excluding carboxylic acids is 4. The highest BCUT2D eigenvalue weighted by molar-refractivity contribution is 6.30. The summed E-state index contributed by atoms with van der Waals surface area (Å²) in [5.41, 5.74) is 1.66. The number of halogens is 1. The Bertz CT molecular complexity index is 1110. The van der Waals surface area contributed by atoms with Gasteiger partial charge in [0.05, 0.1) is 11.8 Å².